The first-order valence-corrected chi connectivity index (χ1v) is 9.45. The standard InChI is InChI=1S/C22H25FO4/c23-17-7-1-14(2-8-17)11-21-16-5-3-15(4-6-16)20(21)10-9-18(24)12-19(25)13-22(26)27/h1-3,5,7-10,15-16,18,20-21,24H,4,6,11-13H2,(H,26,27)/b10-9+/t15-,16?,18?,20?,21-/m0/s1. The first-order chi connectivity index (χ1) is 12.9. The van der Waals surface area contributed by atoms with E-state index >= 15 is 0 Å². The molecule has 0 saturated heterocycles. The van der Waals surface area contributed by atoms with E-state index in [1.165, 1.54) is 12.1 Å². The molecule has 27 heavy (non-hydrogen) atoms. The number of halogens is 1. The Morgan fingerprint density at radius 3 is 2.44 bits per heavy atom. The molecule has 2 bridgehead atoms. The Bertz CT molecular complexity index is 737. The van der Waals surface area contributed by atoms with E-state index in [4.69, 9.17) is 5.11 Å². The van der Waals surface area contributed by atoms with Crippen molar-refractivity contribution >= 4 is 11.8 Å². The van der Waals surface area contributed by atoms with Gasteiger partial charge in [0.2, 0.25) is 0 Å². The van der Waals surface area contributed by atoms with E-state index in [0.29, 0.717) is 17.8 Å². The number of hydrogen-bond acceptors (Lipinski definition) is 3. The van der Waals surface area contributed by atoms with Gasteiger partial charge in [-0.1, -0.05) is 36.4 Å². The lowest BCUT2D eigenvalue weighted by Crippen LogP contribution is -2.37. The fraction of sp³-hybridized carbons (Fsp3) is 0.455. The Morgan fingerprint density at radius 1 is 1.15 bits per heavy atom. The number of ketones is 1. The number of aliphatic carboxylic acids is 1. The maximum atomic E-state index is 13.2. The van der Waals surface area contributed by atoms with Crippen molar-refractivity contribution in [3.63, 3.8) is 0 Å². The molecule has 0 aliphatic heterocycles. The molecule has 0 aromatic heterocycles. The summed E-state index contributed by atoms with van der Waals surface area (Å²) in [7, 11) is 0. The highest BCUT2D eigenvalue weighted by Gasteiger charge is 2.39. The van der Waals surface area contributed by atoms with E-state index in [9.17, 15) is 19.1 Å². The Balaban J connectivity index is 1.67. The van der Waals surface area contributed by atoms with Gasteiger partial charge in [0.1, 0.15) is 18.0 Å². The topological polar surface area (TPSA) is 74.6 Å². The Kier molecular flexibility index (Phi) is 6.22. The van der Waals surface area contributed by atoms with Crippen LogP contribution < -0.4 is 0 Å². The fourth-order valence-electron chi connectivity index (χ4n) is 4.41. The molecule has 1 aromatic carbocycles. The second-order valence-corrected chi connectivity index (χ2v) is 7.63. The molecule has 3 unspecified atom stereocenters. The largest absolute Gasteiger partial charge is 0.481 e. The van der Waals surface area contributed by atoms with E-state index in [1.54, 1.807) is 6.08 Å². The Labute approximate surface area is 158 Å². The first-order valence-electron chi connectivity index (χ1n) is 9.45. The van der Waals surface area contributed by atoms with Gasteiger partial charge in [-0.05, 0) is 60.6 Å². The van der Waals surface area contributed by atoms with Gasteiger partial charge in [0, 0.05) is 6.42 Å². The summed E-state index contributed by atoms with van der Waals surface area (Å²) in [6.45, 7) is 0. The molecule has 0 heterocycles. The number of carboxylic acids is 1. The summed E-state index contributed by atoms with van der Waals surface area (Å²) in [5, 5.41) is 18.7. The Hall–Kier alpha value is -2.27. The van der Waals surface area contributed by atoms with Gasteiger partial charge in [-0.2, -0.15) is 0 Å². The minimum Gasteiger partial charge on any atom is -0.481 e. The average Bonchev–Trinajstić information content (AvgIpc) is 2.62. The van der Waals surface area contributed by atoms with Crippen molar-refractivity contribution in [1.82, 2.24) is 0 Å². The van der Waals surface area contributed by atoms with Gasteiger partial charge in [-0.25, -0.2) is 4.39 Å². The van der Waals surface area contributed by atoms with Crippen molar-refractivity contribution < 1.29 is 24.2 Å². The number of Topliss-reactive ketones (excluding diaryl/α,β-unsaturated/α-hetero) is 1. The van der Waals surface area contributed by atoms with E-state index in [1.807, 2.05) is 18.2 Å². The summed E-state index contributed by atoms with van der Waals surface area (Å²) >= 11 is 0. The molecule has 3 aliphatic rings. The summed E-state index contributed by atoms with van der Waals surface area (Å²) in [6.07, 6.45) is 9.52. The van der Waals surface area contributed by atoms with Crippen molar-refractivity contribution in [2.24, 2.45) is 23.7 Å². The average molecular weight is 372 g/mol. The van der Waals surface area contributed by atoms with Crippen molar-refractivity contribution in [3.8, 4) is 0 Å². The number of fused-ring (bicyclic) bond motifs is 2. The third-order valence-electron chi connectivity index (χ3n) is 5.70. The zero-order valence-electron chi connectivity index (χ0n) is 15.1. The Morgan fingerprint density at radius 2 is 1.81 bits per heavy atom. The first kappa shape index (κ1) is 19.5. The molecule has 3 aliphatic carbocycles. The molecule has 1 fully saturated rings. The van der Waals surface area contributed by atoms with Gasteiger partial charge in [0.25, 0.3) is 0 Å². The summed E-state index contributed by atoms with van der Waals surface area (Å²) in [4.78, 5) is 22.1. The number of rotatable bonds is 8. The molecule has 4 nitrogen and oxygen atoms in total. The number of aliphatic hydroxyl groups excluding tert-OH is 1. The molecule has 5 heteroatoms. The lowest BCUT2D eigenvalue weighted by molar-refractivity contribution is -0.140. The summed E-state index contributed by atoms with van der Waals surface area (Å²) < 4.78 is 13.2. The van der Waals surface area contributed by atoms with E-state index in [0.717, 1.165) is 24.8 Å². The normalized spacial score (nSPS) is 27.8. The van der Waals surface area contributed by atoms with Crippen LogP contribution in [-0.4, -0.2) is 28.1 Å². The predicted octanol–water partition coefficient (Wildman–Crippen LogP) is 3.55. The molecular weight excluding hydrogens is 347 g/mol. The van der Waals surface area contributed by atoms with Crippen LogP contribution in [0.1, 0.15) is 31.2 Å². The van der Waals surface area contributed by atoms with Gasteiger partial charge >= 0.3 is 5.97 Å². The number of aliphatic hydroxyl groups is 1. The number of benzene rings is 1. The fourth-order valence-corrected chi connectivity index (χ4v) is 4.41. The minimum atomic E-state index is -1.18. The van der Waals surface area contributed by atoms with Gasteiger partial charge < -0.3 is 10.2 Å². The third-order valence-corrected chi connectivity index (χ3v) is 5.70. The van der Waals surface area contributed by atoms with E-state index in [2.05, 4.69) is 12.2 Å². The summed E-state index contributed by atoms with van der Waals surface area (Å²) in [5.41, 5.74) is 1.10. The van der Waals surface area contributed by atoms with Crippen molar-refractivity contribution in [2.75, 3.05) is 0 Å². The minimum absolute atomic E-state index is 0.178. The highest BCUT2D eigenvalue weighted by Crippen LogP contribution is 2.46. The summed E-state index contributed by atoms with van der Waals surface area (Å²) in [6, 6.07) is 6.60. The second kappa shape index (κ2) is 8.61. The quantitative estimate of drug-likeness (QED) is 0.541. The van der Waals surface area contributed by atoms with Gasteiger partial charge in [-0.3, -0.25) is 9.59 Å². The monoisotopic (exact) mass is 372 g/mol. The van der Waals surface area contributed by atoms with Crippen LogP contribution in [0, 0.1) is 29.5 Å². The van der Waals surface area contributed by atoms with E-state index < -0.39 is 24.3 Å². The third kappa shape index (κ3) is 5.13. The highest BCUT2D eigenvalue weighted by molar-refractivity contribution is 5.94. The molecule has 0 amide bonds. The van der Waals surface area contributed by atoms with Crippen LogP contribution in [0.15, 0.2) is 48.6 Å². The lowest BCUT2D eigenvalue weighted by Gasteiger charge is -2.44. The lowest BCUT2D eigenvalue weighted by atomic mass is 9.60. The van der Waals surface area contributed by atoms with Crippen LogP contribution in [0.4, 0.5) is 4.39 Å². The molecular formula is C22H25FO4. The van der Waals surface area contributed by atoms with Crippen LogP contribution in [0.25, 0.3) is 0 Å². The second-order valence-electron chi connectivity index (χ2n) is 7.63. The van der Waals surface area contributed by atoms with Crippen molar-refractivity contribution in [3.05, 3.63) is 60.0 Å². The van der Waals surface area contributed by atoms with Crippen LogP contribution in [0.5, 0.6) is 0 Å². The van der Waals surface area contributed by atoms with E-state index in [-0.39, 0.29) is 18.2 Å². The van der Waals surface area contributed by atoms with Crippen LogP contribution in [-0.2, 0) is 16.0 Å². The predicted molar refractivity (Wildman–Crippen MR) is 99.5 cm³/mol. The maximum absolute atomic E-state index is 13.2. The molecule has 5 atom stereocenters. The SMILES string of the molecule is O=C(O)CC(=O)CC(O)/C=C/C1[C@@H](Cc2ccc(F)cc2)C2C=C[C@H]1CC2. The van der Waals surface area contributed by atoms with Crippen LogP contribution in [0.2, 0.25) is 0 Å². The molecule has 2 N–H and O–H groups in total. The van der Waals surface area contributed by atoms with Crippen molar-refractivity contribution in [2.45, 2.75) is 38.2 Å². The number of hydrogen-bond donors (Lipinski definition) is 2. The zero-order valence-corrected chi connectivity index (χ0v) is 15.1. The molecule has 1 saturated carbocycles. The number of allylic oxidation sites excluding steroid dienone is 3. The van der Waals surface area contributed by atoms with Gasteiger partial charge in [0.05, 0.1) is 6.10 Å². The van der Waals surface area contributed by atoms with Crippen LogP contribution in [0.3, 0.4) is 0 Å². The van der Waals surface area contributed by atoms with Crippen molar-refractivity contribution in [1.29, 1.82) is 0 Å². The van der Waals surface area contributed by atoms with Gasteiger partial charge in [0.15, 0.2) is 0 Å². The molecule has 4 rings (SSSR count). The number of carboxylic acid groups (broad SMARTS) is 1. The highest BCUT2D eigenvalue weighted by atomic mass is 19.1. The van der Waals surface area contributed by atoms with Crippen LogP contribution >= 0.6 is 0 Å². The maximum Gasteiger partial charge on any atom is 0.310 e. The summed E-state index contributed by atoms with van der Waals surface area (Å²) in [5.74, 6) is -0.410. The number of carbonyl (C=O) groups excluding carboxylic acids is 1. The molecule has 0 radical (unpaired) electrons. The molecule has 144 valence electrons. The zero-order chi connectivity index (χ0) is 19.4. The smallest absolute Gasteiger partial charge is 0.310 e. The number of carbonyl (C=O) groups is 2. The molecule has 0 spiro atoms. The van der Waals surface area contributed by atoms with Gasteiger partial charge in [-0.15, -0.1) is 0 Å². The molecule has 1 aromatic rings.